The van der Waals surface area contributed by atoms with Gasteiger partial charge < -0.3 is 10.1 Å². The number of para-hydroxylation sites is 1. The third-order valence-electron chi connectivity index (χ3n) is 3.64. The molecule has 0 spiro atoms. The van der Waals surface area contributed by atoms with Crippen LogP contribution in [0.4, 0.5) is 0 Å². The smallest absolute Gasteiger partial charge is 0.223 e. The van der Waals surface area contributed by atoms with Gasteiger partial charge in [0.1, 0.15) is 11.4 Å². The minimum atomic E-state index is -0.226. The highest BCUT2D eigenvalue weighted by Crippen LogP contribution is 2.40. The Morgan fingerprint density at radius 3 is 2.78 bits per heavy atom. The van der Waals surface area contributed by atoms with Gasteiger partial charge in [-0.2, -0.15) is 0 Å². The van der Waals surface area contributed by atoms with Gasteiger partial charge in [-0.15, -0.1) is 0 Å². The van der Waals surface area contributed by atoms with Crippen LogP contribution in [0.3, 0.4) is 0 Å². The molecule has 1 atom stereocenters. The van der Waals surface area contributed by atoms with Crippen molar-refractivity contribution in [2.75, 3.05) is 0 Å². The predicted octanol–water partition coefficient (Wildman–Crippen LogP) is 2.82. The van der Waals surface area contributed by atoms with Gasteiger partial charge in [0.2, 0.25) is 5.91 Å². The average molecular weight is 245 g/mol. The largest absolute Gasteiger partial charge is 0.487 e. The maximum atomic E-state index is 11.9. The van der Waals surface area contributed by atoms with Crippen molar-refractivity contribution in [2.24, 2.45) is 5.92 Å². The first-order chi connectivity index (χ1) is 8.55. The maximum absolute atomic E-state index is 11.9. The molecule has 1 unspecified atom stereocenters. The summed E-state index contributed by atoms with van der Waals surface area (Å²) < 4.78 is 5.96. The highest BCUT2D eigenvalue weighted by Gasteiger charge is 2.37. The molecular formula is C15H19NO2. The lowest BCUT2D eigenvalue weighted by molar-refractivity contribution is -0.123. The molecule has 96 valence electrons. The molecule has 0 bridgehead atoms. The second-order valence-corrected chi connectivity index (χ2v) is 5.94. The fourth-order valence-corrected chi connectivity index (χ4v) is 2.57. The highest BCUT2D eigenvalue weighted by molar-refractivity contribution is 5.81. The Balaban J connectivity index is 1.86. The van der Waals surface area contributed by atoms with E-state index in [0.29, 0.717) is 0 Å². The molecule has 2 aliphatic rings. The zero-order chi connectivity index (χ0) is 12.8. The molecule has 0 saturated heterocycles. The summed E-state index contributed by atoms with van der Waals surface area (Å²) in [4.78, 5) is 11.9. The van der Waals surface area contributed by atoms with Gasteiger partial charge in [0.05, 0.1) is 6.04 Å². The van der Waals surface area contributed by atoms with Crippen molar-refractivity contribution in [3.05, 3.63) is 29.8 Å². The van der Waals surface area contributed by atoms with Crippen LogP contribution >= 0.6 is 0 Å². The third kappa shape index (κ3) is 2.22. The van der Waals surface area contributed by atoms with Crippen molar-refractivity contribution in [1.29, 1.82) is 0 Å². The van der Waals surface area contributed by atoms with Crippen molar-refractivity contribution >= 4 is 5.91 Å². The van der Waals surface area contributed by atoms with E-state index in [1.54, 1.807) is 0 Å². The number of ether oxygens (including phenoxy) is 1. The van der Waals surface area contributed by atoms with Gasteiger partial charge >= 0.3 is 0 Å². The summed E-state index contributed by atoms with van der Waals surface area (Å²) in [6.07, 6.45) is 2.91. The molecule has 0 radical (unpaired) electrons. The number of carbonyl (C=O) groups is 1. The Morgan fingerprint density at radius 1 is 1.33 bits per heavy atom. The molecule has 3 heteroatoms. The van der Waals surface area contributed by atoms with Crippen LogP contribution < -0.4 is 10.1 Å². The number of benzene rings is 1. The summed E-state index contributed by atoms with van der Waals surface area (Å²) in [7, 11) is 0. The molecule has 1 fully saturated rings. The number of nitrogens with one attached hydrogen (secondary N) is 1. The fraction of sp³-hybridized carbons (Fsp3) is 0.533. The topological polar surface area (TPSA) is 38.3 Å². The molecule has 1 aliphatic carbocycles. The molecule has 1 N–H and O–H groups in total. The monoisotopic (exact) mass is 245 g/mol. The van der Waals surface area contributed by atoms with E-state index in [-0.39, 0.29) is 23.5 Å². The molecule has 1 heterocycles. The molecule has 18 heavy (non-hydrogen) atoms. The van der Waals surface area contributed by atoms with E-state index in [1.165, 1.54) is 0 Å². The molecule has 3 nitrogen and oxygen atoms in total. The quantitative estimate of drug-likeness (QED) is 0.870. The van der Waals surface area contributed by atoms with Crippen LogP contribution in [0.5, 0.6) is 5.75 Å². The van der Waals surface area contributed by atoms with Crippen LogP contribution in [0.15, 0.2) is 24.3 Å². The second kappa shape index (κ2) is 4.01. The Morgan fingerprint density at radius 2 is 2.06 bits per heavy atom. The minimum Gasteiger partial charge on any atom is -0.487 e. The van der Waals surface area contributed by atoms with Gasteiger partial charge in [-0.25, -0.2) is 0 Å². The molecule has 1 amide bonds. The van der Waals surface area contributed by atoms with E-state index in [0.717, 1.165) is 30.6 Å². The molecule has 1 aromatic carbocycles. The van der Waals surface area contributed by atoms with Crippen LogP contribution in [0, 0.1) is 5.92 Å². The van der Waals surface area contributed by atoms with E-state index in [2.05, 4.69) is 19.2 Å². The third-order valence-corrected chi connectivity index (χ3v) is 3.64. The zero-order valence-electron chi connectivity index (χ0n) is 10.9. The zero-order valence-corrected chi connectivity index (χ0v) is 10.9. The van der Waals surface area contributed by atoms with Crippen LogP contribution in [0.2, 0.25) is 0 Å². The average Bonchev–Trinajstić information content (AvgIpc) is 3.11. The Bertz CT molecular complexity index is 477. The van der Waals surface area contributed by atoms with Gasteiger partial charge in [-0.05, 0) is 32.8 Å². The molecule has 1 saturated carbocycles. The van der Waals surface area contributed by atoms with E-state index in [1.807, 2.05) is 24.3 Å². The van der Waals surface area contributed by atoms with Gasteiger partial charge in [-0.3, -0.25) is 4.79 Å². The molecular weight excluding hydrogens is 226 g/mol. The van der Waals surface area contributed by atoms with Crippen molar-refractivity contribution < 1.29 is 9.53 Å². The molecule has 1 aromatic rings. The number of hydrogen-bond acceptors (Lipinski definition) is 2. The summed E-state index contributed by atoms with van der Waals surface area (Å²) in [5.74, 6) is 1.35. The number of hydrogen-bond donors (Lipinski definition) is 1. The highest BCUT2D eigenvalue weighted by atomic mass is 16.5. The summed E-state index contributed by atoms with van der Waals surface area (Å²) >= 11 is 0. The van der Waals surface area contributed by atoms with Gasteiger partial charge in [-0.1, -0.05) is 18.2 Å². The standard InChI is InChI=1S/C15H19NO2/c1-15(2)9-12(16-14(17)10-7-8-10)11-5-3-4-6-13(11)18-15/h3-6,10,12H,7-9H2,1-2H3,(H,16,17). The minimum absolute atomic E-state index is 0.0815. The Kier molecular flexibility index (Phi) is 2.58. The van der Waals surface area contributed by atoms with Crippen LogP contribution in [0.25, 0.3) is 0 Å². The molecule has 0 aromatic heterocycles. The first-order valence-corrected chi connectivity index (χ1v) is 6.63. The fourth-order valence-electron chi connectivity index (χ4n) is 2.57. The van der Waals surface area contributed by atoms with E-state index < -0.39 is 0 Å². The lowest BCUT2D eigenvalue weighted by atomic mass is 9.89. The van der Waals surface area contributed by atoms with Crippen molar-refractivity contribution in [2.45, 2.75) is 44.8 Å². The van der Waals surface area contributed by atoms with Crippen LogP contribution in [0.1, 0.15) is 44.7 Å². The summed E-state index contributed by atoms with van der Waals surface area (Å²) in [5, 5.41) is 3.17. The Hall–Kier alpha value is -1.51. The summed E-state index contributed by atoms with van der Waals surface area (Å²) in [6.45, 7) is 4.14. The SMILES string of the molecule is CC1(C)CC(NC(=O)C2CC2)c2ccccc2O1. The van der Waals surface area contributed by atoms with E-state index in [9.17, 15) is 4.79 Å². The van der Waals surface area contributed by atoms with Crippen LogP contribution in [-0.2, 0) is 4.79 Å². The second-order valence-electron chi connectivity index (χ2n) is 5.94. The first-order valence-electron chi connectivity index (χ1n) is 6.63. The number of fused-ring (bicyclic) bond motifs is 1. The summed E-state index contributed by atoms with van der Waals surface area (Å²) in [6, 6.07) is 8.07. The number of amides is 1. The summed E-state index contributed by atoms with van der Waals surface area (Å²) in [5.41, 5.74) is 0.876. The van der Waals surface area contributed by atoms with Crippen LogP contribution in [-0.4, -0.2) is 11.5 Å². The van der Waals surface area contributed by atoms with Crippen molar-refractivity contribution in [3.63, 3.8) is 0 Å². The first kappa shape index (κ1) is 11.6. The lowest BCUT2D eigenvalue weighted by Crippen LogP contribution is -2.41. The van der Waals surface area contributed by atoms with Crippen molar-refractivity contribution in [1.82, 2.24) is 5.32 Å². The van der Waals surface area contributed by atoms with E-state index in [4.69, 9.17) is 4.74 Å². The van der Waals surface area contributed by atoms with E-state index >= 15 is 0 Å². The van der Waals surface area contributed by atoms with Crippen molar-refractivity contribution in [3.8, 4) is 5.75 Å². The lowest BCUT2D eigenvalue weighted by Gasteiger charge is -2.37. The predicted molar refractivity (Wildman–Crippen MR) is 69.4 cm³/mol. The maximum Gasteiger partial charge on any atom is 0.223 e. The Labute approximate surface area is 108 Å². The van der Waals surface area contributed by atoms with Gasteiger partial charge in [0.25, 0.3) is 0 Å². The van der Waals surface area contributed by atoms with Gasteiger partial charge in [0.15, 0.2) is 0 Å². The molecule has 1 aliphatic heterocycles. The normalized spacial score (nSPS) is 24.9. The van der Waals surface area contributed by atoms with Gasteiger partial charge in [0, 0.05) is 17.9 Å². The number of rotatable bonds is 2. The number of carbonyl (C=O) groups excluding carboxylic acids is 1. The molecule has 3 rings (SSSR count).